The van der Waals surface area contributed by atoms with Crippen LogP contribution in [-0.2, 0) is 64.8 Å². The number of hydrogen-bond acceptors (Lipinski definition) is 20. The van der Waals surface area contributed by atoms with Crippen molar-refractivity contribution < 1.29 is 85.0 Å². The summed E-state index contributed by atoms with van der Waals surface area (Å²) in [5.74, 6) is -4.86. The summed E-state index contributed by atoms with van der Waals surface area (Å²) < 4.78 is 75.8. The number of fused-ring (bicyclic) bond motifs is 1. The normalized spacial score (nSPS) is 14.7. The zero-order chi connectivity index (χ0) is 67.2. The van der Waals surface area contributed by atoms with Crippen molar-refractivity contribution in [3.8, 4) is 11.1 Å². The van der Waals surface area contributed by atoms with E-state index in [9.17, 15) is 70.8 Å². The van der Waals surface area contributed by atoms with Gasteiger partial charge in [-0.05, 0) is 85.8 Å². The number of aromatic nitrogens is 4. The number of nitrogens with one attached hydrogen (secondary N) is 7. The maximum Gasteiger partial charge on any atom is 0.407 e. The molecule has 1 saturated heterocycles. The van der Waals surface area contributed by atoms with Crippen LogP contribution >= 0.6 is 0 Å². The minimum atomic E-state index is -4.38. The molecular formula is C59H84N14O18S2. The largest absolute Gasteiger partial charge is 0.480 e. The van der Waals surface area contributed by atoms with Gasteiger partial charge in [-0.25, -0.2) is 36.1 Å². The average Bonchev–Trinajstić information content (AvgIpc) is 1.84. The van der Waals surface area contributed by atoms with E-state index in [0.29, 0.717) is 81.2 Å². The van der Waals surface area contributed by atoms with Crippen LogP contribution in [0.25, 0.3) is 22.0 Å². The number of sulfonamides is 2. The van der Waals surface area contributed by atoms with E-state index >= 15 is 0 Å². The molecule has 1 fully saturated rings. The molecule has 11 N–H and O–H groups in total. The summed E-state index contributed by atoms with van der Waals surface area (Å²) >= 11 is 0. The van der Waals surface area contributed by atoms with Gasteiger partial charge in [0.2, 0.25) is 31.9 Å². The first-order valence-corrected chi connectivity index (χ1v) is 33.4. The fourth-order valence-electron chi connectivity index (χ4n) is 9.61. The molecule has 0 bridgehead atoms. The predicted molar refractivity (Wildman–Crippen MR) is 338 cm³/mol. The van der Waals surface area contributed by atoms with Crippen molar-refractivity contribution in [1.29, 1.82) is 0 Å². The molecule has 34 heteroatoms. The number of benzene rings is 3. The molecule has 6 rings (SSSR count). The molecule has 0 radical (unpaired) electrons. The molecule has 0 saturated carbocycles. The first-order chi connectivity index (χ1) is 44.6. The maximum atomic E-state index is 13.3. The second-order valence-electron chi connectivity index (χ2n) is 21.6. The standard InChI is InChI=1S/C59H84N14O18S2/c1-2-69-24-25-71(42-54(76)77)27-26-70(29-31-72(30-28-69)59(83)84)41-53(75)67-49(56(79)80)15-17-52(74)60-19-4-32-89-34-36-91-37-35-90-33-5-20-66-92(85,86)47-11-6-43(7-12-47)44-8-13-48(14-9-44)93(87,88)68-50(57(81)82)40-64-55(78)45-10-16-51-46(38-45)39-65-73(51)23-3-18-61-58-62-21-22-63-58/h6-14,16,21-22,38-39,49-50,66,68H,2-5,15,17-20,23-37,40-42H2,1H3,(H,60,74)(H,64,78)(H,67,75)(H,76,77)(H,79,80)(H,81,82)(H,83,84)(H2,61,62,63)/t49-,50-/m0/s1. The lowest BCUT2D eigenvalue weighted by Gasteiger charge is -2.32. The molecule has 0 unspecified atom stereocenters. The number of carboxylic acids is 3. The highest BCUT2D eigenvalue weighted by molar-refractivity contribution is 7.89. The molecule has 0 spiro atoms. The van der Waals surface area contributed by atoms with E-state index in [0.717, 1.165) is 11.9 Å². The summed E-state index contributed by atoms with van der Waals surface area (Å²) in [5.41, 5.74) is 2.15. The number of anilines is 1. The number of aryl methyl sites for hydroxylation is 1. The Labute approximate surface area is 538 Å². The van der Waals surface area contributed by atoms with Gasteiger partial charge in [-0.15, -0.1) is 0 Å². The van der Waals surface area contributed by atoms with E-state index in [4.69, 9.17) is 14.2 Å². The second-order valence-corrected chi connectivity index (χ2v) is 25.1. The molecular weight excluding hydrogens is 1260 g/mol. The zero-order valence-electron chi connectivity index (χ0n) is 51.8. The SMILES string of the molecule is CCN1CCN(CC(=O)O)CCN(CC(=O)N[C@@H](CCC(=O)NCCCOCCOCCOCCCNS(=O)(=O)c2ccc(-c3ccc(S(=O)(=O)N[C@@H](CNC(=O)c4ccc5c(cnn5CCCNc5ncc[nH]5)c4)C(=O)O)cc3)cc2)C(=O)O)CCN(C(=O)O)CC1. The molecule has 3 aromatic carbocycles. The third-order valence-corrected chi connectivity index (χ3v) is 17.8. The number of carboxylic acid groups (broad SMARTS) is 4. The highest BCUT2D eigenvalue weighted by atomic mass is 32.2. The minimum absolute atomic E-state index is 0.000378. The summed E-state index contributed by atoms with van der Waals surface area (Å²) in [6.07, 6.45) is 5.07. The molecule has 4 amide bonds. The fraction of sp³-hybridized carbons (Fsp3) is 0.508. The van der Waals surface area contributed by atoms with Gasteiger partial charge in [0.1, 0.15) is 12.1 Å². The van der Waals surface area contributed by atoms with Crippen molar-refractivity contribution >= 4 is 78.6 Å². The Morgan fingerprint density at radius 1 is 0.634 bits per heavy atom. The van der Waals surface area contributed by atoms with Gasteiger partial charge in [0.05, 0.1) is 61.0 Å². The number of amides is 4. The van der Waals surface area contributed by atoms with Gasteiger partial charge in [0.15, 0.2) is 5.95 Å². The lowest BCUT2D eigenvalue weighted by molar-refractivity contribution is -0.142. The molecule has 1 aliphatic rings. The second kappa shape index (κ2) is 38.1. The Bertz CT molecular complexity index is 3440. The lowest BCUT2D eigenvalue weighted by atomic mass is 10.1. The van der Waals surface area contributed by atoms with Crippen LogP contribution in [0.15, 0.2) is 95.1 Å². The van der Waals surface area contributed by atoms with Crippen LogP contribution in [0, 0.1) is 0 Å². The van der Waals surface area contributed by atoms with E-state index in [1.54, 1.807) is 63.4 Å². The number of carbonyl (C=O) groups excluding carboxylic acids is 3. The number of H-pyrrole nitrogens is 1. The van der Waals surface area contributed by atoms with Crippen LogP contribution in [0.2, 0.25) is 0 Å². The Kier molecular flexibility index (Phi) is 30.3. The maximum absolute atomic E-state index is 13.3. The molecule has 93 heavy (non-hydrogen) atoms. The van der Waals surface area contributed by atoms with Crippen molar-refractivity contribution in [2.45, 2.75) is 67.4 Å². The number of hydrogen-bond donors (Lipinski definition) is 11. The van der Waals surface area contributed by atoms with Gasteiger partial charge in [-0.3, -0.25) is 38.5 Å². The number of imidazole rings is 1. The van der Waals surface area contributed by atoms with Gasteiger partial charge in [0.25, 0.3) is 5.91 Å². The summed E-state index contributed by atoms with van der Waals surface area (Å²) in [6.45, 7) is 7.05. The summed E-state index contributed by atoms with van der Waals surface area (Å²) in [4.78, 5) is 100.0. The number of rotatable bonds is 39. The molecule has 3 heterocycles. The van der Waals surface area contributed by atoms with Crippen molar-refractivity contribution in [3.63, 3.8) is 0 Å². The average molecular weight is 1340 g/mol. The van der Waals surface area contributed by atoms with Crippen molar-refractivity contribution in [3.05, 3.63) is 90.9 Å². The molecule has 2 aromatic heterocycles. The molecule has 2 atom stereocenters. The van der Waals surface area contributed by atoms with Crippen LogP contribution in [0.1, 0.15) is 49.4 Å². The third-order valence-electron chi connectivity index (χ3n) is 14.8. The zero-order valence-corrected chi connectivity index (χ0v) is 53.4. The summed E-state index contributed by atoms with van der Waals surface area (Å²) in [5, 5.41) is 54.8. The Hall–Kier alpha value is -8.19. The van der Waals surface area contributed by atoms with Crippen LogP contribution in [0.3, 0.4) is 0 Å². The quantitative estimate of drug-likeness (QED) is 0.0241. The van der Waals surface area contributed by atoms with Gasteiger partial charge in [-0.2, -0.15) is 9.82 Å². The van der Waals surface area contributed by atoms with Gasteiger partial charge in [0, 0.05) is 128 Å². The number of carbonyl (C=O) groups is 7. The van der Waals surface area contributed by atoms with Gasteiger partial charge >= 0.3 is 24.0 Å². The van der Waals surface area contributed by atoms with Crippen LogP contribution in [0.5, 0.6) is 0 Å². The fourth-order valence-corrected chi connectivity index (χ4v) is 11.9. The smallest absolute Gasteiger partial charge is 0.407 e. The monoisotopic (exact) mass is 1340 g/mol. The number of aromatic amines is 1. The number of likely N-dealkylation sites (N-methyl/N-ethyl adjacent to an activating group) is 1. The van der Waals surface area contributed by atoms with Crippen LogP contribution in [0.4, 0.5) is 10.7 Å². The van der Waals surface area contributed by atoms with E-state index < -0.39 is 80.4 Å². The number of ether oxygens (including phenoxy) is 3. The Morgan fingerprint density at radius 3 is 1.81 bits per heavy atom. The molecule has 510 valence electrons. The first-order valence-electron chi connectivity index (χ1n) is 30.4. The lowest BCUT2D eigenvalue weighted by Crippen LogP contribution is -2.51. The summed E-state index contributed by atoms with van der Waals surface area (Å²) in [6, 6.07) is 13.3. The minimum Gasteiger partial charge on any atom is -0.480 e. The van der Waals surface area contributed by atoms with E-state index in [1.165, 1.54) is 41.3 Å². The van der Waals surface area contributed by atoms with E-state index in [-0.39, 0.29) is 120 Å². The predicted octanol–water partition coefficient (Wildman–Crippen LogP) is 0.668. The molecule has 32 nitrogen and oxygen atoms in total. The highest BCUT2D eigenvalue weighted by Gasteiger charge is 2.28. The third kappa shape index (κ3) is 25.7. The van der Waals surface area contributed by atoms with Crippen molar-refractivity contribution in [2.24, 2.45) is 0 Å². The molecule has 1 aliphatic heterocycles. The molecule has 5 aromatic rings. The summed E-state index contributed by atoms with van der Waals surface area (Å²) in [7, 11) is -8.27. The van der Waals surface area contributed by atoms with Gasteiger partial charge in [-0.1, -0.05) is 31.2 Å². The Balaban J connectivity index is 0.789. The molecule has 0 aliphatic carbocycles. The van der Waals surface area contributed by atoms with Gasteiger partial charge < -0.3 is 70.7 Å². The highest BCUT2D eigenvalue weighted by Crippen LogP contribution is 2.24. The van der Waals surface area contributed by atoms with Crippen molar-refractivity contribution in [1.82, 2.24) is 64.7 Å². The number of nitrogens with zero attached hydrogens (tertiary/aromatic N) is 7. The van der Waals surface area contributed by atoms with Crippen LogP contribution < -0.4 is 30.7 Å². The Morgan fingerprint density at radius 2 is 1.22 bits per heavy atom. The van der Waals surface area contributed by atoms with Crippen LogP contribution in [-0.4, -0.2) is 268 Å². The van der Waals surface area contributed by atoms with E-state index in [1.807, 2.05) is 11.8 Å². The first kappa shape index (κ1) is 73.9. The topological polar surface area (TPSA) is 428 Å². The van der Waals surface area contributed by atoms with Crippen molar-refractivity contribution in [2.75, 3.05) is 143 Å². The van der Waals surface area contributed by atoms with E-state index in [2.05, 4.69) is 45.8 Å². The number of aliphatic carboxylic acids is 3.